The molecule has 1 aliphatic carbocycles. The Bertz CT molecular complexity index is 270. The molecule has 4 heteroatoms. The second-order valence-corrected chi connectivity index (χ2v) is 6.31. The number of carbonyl (C=O) groups excluding carboxylic acids is 1. The summed E-state index contributed by atoms with van der Waals surface area (Å²) >= 11 is 1.89. The number of nitrogens with one attached hydrogen (secondary N) is 2. The molecule has 0 aromatic heterocycles. The number of hydrogen-bond acceptors (Lipinski definition) is 3. The van der Waals surface area contributed by atoms with Gasteiger partial charge in [-0.25, -0.2) is 0 Å². The average Bonchev–Trinajstić information content (AvgIpc) is 2.94. The highest BCUT2D eigenvalue weighted by Crippen LogP contribution is 2.46. The van der Waals surface area contributed by atoms with Gasteiger partial charge >= 0.3 is 0 Å². The van der Waals surface area contributed by atoms with Gasteiger partial charge in [0.2, 0.25) is 5.91 Å². The van der Waals surface area contributed by atoms with E-state index in [9.17, 15) is 4.79 Å². The van der Waals surface area contributed by atoms with Crippen LogP contribution in [0.2, 0.25) is 0 Å². The van der Waals surface area contributed by atoms with E-state index in [4.69, 9.17) is 0 Å². The third-order valence-corrected chi connectivity index (χ3v) is 5.51. The molecule has 3 nitrogen and oxygen atoms in total. The molecular formula is C12H22N2OS. The van der Waals surface area contributed by atoms with Crippen molar-refractivity contribution in [3.05, 3.63) is 0 Å². The van der Waals surface area contributed by atoms with Crippen molar-refractivity contribution in [2.45, 2.75) is 49.3 Å². The highest BCUT2D eigenvalue weighted by molar-refractivity contribution is 8.00. The highest BCUT2D eigenvalue weighted by Gasteiger charge is 2.44. The Kier molecular flexibility index (Phi) is 3.50. The Morgan fingerprint density at radius 2 is 2.19 bits per heavy atom. The molecule has 0 radical (unpaired) electrons. The van der Waals surface area contributed by atoms with Crippen molar-refractivity contribution >= 4 is 17.7 Å². The molecule has 2 rings (SSSR count). The van der Waals surface area contributed by atoms with Crippen molar-refractivity contribution in [2.24, 2.45) is 0 Å². The number of hydrogen-bond donors (Lipinski definition) is 2. The van der Waals surface area contributed by atoms with E-state index in [1.165, 1.54) is 12.8 Å². The van der Waals surface area contributed by atoms with Crippen LogP contribution < -0.4 is 10.6 Å². The minimum absolute atomic E-state index is 0.216. The van der Waals surface area contributed by atoms with E-state index in [0.717, 1.165) is 32.4 Å². The number of carbonyl (C=O) groups is 1. The first kappa shape index (κ1) is 12.2. The molecule has 0 aromatic rings. The van der Waals surface area contributed by atoms with Crippen molar-refractivity contribution in [2.75, 3.05) is 19.3 Å². The SMILES string of the molecule is CCC1(C(=O)NCC2(SC)CC2)CCCN1. The third kappa shape index (κ3) is 2.23. The fourth-order valence-corrected chi connectivity index (χ4v) is 3.19. The van der Waals surface area contributed by atoms with Gasteiger partial charge in [-0.1, -0.05) is 6.92 Å². The van der Waals surface area contributed by atoms with Crippen molar-refractivity contribution in [1.82, 2.24) is 10.6 Å². The van der Waals surface area contributed by atoms with E-state index >= 15 is 0 Å². The second-order valence-electron chi connectivity index (χ2n) is 5.04. The molecule has 1 aliphatic heterocycles. The predicted octanol–water partition coefficient (Wildman–Crippen LogP) is 1.53. The first-order chi connectivity index (χ1) is 7.66. The maximum atomic E-state index is 12.2. The molecule has 1 unspecified atom stereocenters. The van der Waals surface area contributed by atoms with Crippen LogP contribution in [0.1, 0.15) is 39.0 Å². The topological polar surface area (TPSA) is 41.1 Å². The Morgan fingerprint density at radius 1 is 1.44 bits per heavy atom. The monoisotopic (exact) mass is 242 g/mol. The Balaban J connectivity index is 1.87. The number of amides is 1. The van der Waals surface area contributed by atoms with Gasteiger partial charge in [-0.2, -0.15) is 11.8 Å². The molecular weight excluding hydrogens is 220 g/mol. The van der Waals surface area contributed by atoms with Crippen LogP contribution >= 0.6 is 11.8 Å². The van der Waals surface area contributed by atoms with Gasteiger partial charge in [0.1, 0.15) is 0 Å². The molecule has 1 heterocycles. The summed E-state index contributed by atoms with van der Waals surface area (Å²) in [6.07, 6.45) is 7.65. The summed E-state index contributed by atoms with van der Waals surface area (Å²) in [5.41, 5.74) is -0.269. The summed E-state index contributed by atoms with van der Waals surface area (Å²) in [7, 11) is 0. The Morgan fingerprint density at radius 3 is 2.62 bits per heavy atom. The van der Waals surface area contributed by atoms with Gasteiger partial charge in [0.15, 0.2) is 0 Å². The molecule has 16 heavy (non-hydrogen) atoms. The molecule has 2 aliphatic rings. The molecule has 0 aromatic carbocycles. The lowest BCUT2D eigenvalue weighted by atomic mass is 9.93. The standard InChI is InChI=1S/C12H22N2OS/c1-3-12(5-4-8-14-12)10(15)13-9-11(16-2)6-7-11/h14H,3-9H2,1-2H3,(H,13,15). The van der Waals surface area contributed by atoms with Gasteiger partial charge in [0, 0.05) is 11.3 Å². The maximum Gasteiger partial charge on any atom is 0.240 e. The first-order valence-electron chi connectivity index (χ1n) is 6.25. The number of thioether (sulfide) groups is 1. The van der Waals surface area contributed by atoms with Crippen LogP contribution in [0, 0.1) is 0 Å². The second kappa shape index (κ2) is 4.57. The van der Waals surface area contributed by atoms with Crippen LogP contribution in [-0.4, -0.2) is 35.5 Å². The van der Waals surface area contributed by atoms with Crippen molar-refractivity contribution in [3.8, 4) is 0 Å². The first-order valence-corrected chi connectivity index (χ1v) is 7.47. The molecule has 0 spiro atoms. The quantitative estimate of drug-likeness (QED) is 0.768. The lowest BCUT2D eigenvalue weighted by molar-refractivity contribution is -0.127. The zero-order valence-corrected chi connectivity index (χ0v) is 11.1. The summed E-state index contributed by atoms with van der Waals surface area (Å²) in [6.45, 7) is 3.92. The van der Waals surface area contributed by atoms with Gasteiger partial charge in [0.25, 0.3) is 0 Å². The van der Waals surface area contributed by atoms with Crippen LogP contribution in [-0.2, 0) is 4.79 Å². The fraction of sp³-hybridized carbons (Fsp3) is 0.917. The Labute approximate surface area is 102 Å². The molecule has 2 N–H and O–H groups in total. The predicted molar refractivity (Wildman–Crippen MR) is 68.7 cm³/mol. The zero-order chi connectivity index (χ0) is 11.6. The average molecular weight is 242 g/mol. The van der Waals surface area contributed by atoms with E-state index in [1.54, 1.807) is 0 Å². The summed E-state index contributed by atoms with van der Waals surface area (Å²) < 4.78 is 0.364. The summed E-state index contributed by atoms with van der Waals surface area (Å²) in [5, 5.41) is 6.52. The van der Waals surface area contributed by atoms with Crippen LogP contribution in [0.15, 0.2) is 0 Å². The van der Waals surface area contributed by atoms with E-state index < -0.39 is 0 Å². The molecule has 2 fully saturated rings. The molecule has 92 valence electrons. The van der Waals surface area contributed by atoms with Gasteiger partial charge < -0.3 is 10.6 Å². The molecule has 0 bridgehead atoms. The summed E-state index contributed by atoms with van der Waals surface area (Å²) in [4.78, 5) is 12.2. The third-order valence-electron chi connectivity index (χ3n) is 4.09. The van der Waals surface area contributed by atoms with Crippen LogP contribution in [0.25, 0.3) is 0 Å². The minimum atomic E-state index is -0.269. The maximum absolute atomic E-state index is 12.2. The van der Waals surface area contributed by atoms with Gasteiger partial charge in [0.05, 0.1) is 5.54 Å². The van der Waals surface area contributed by atoms with Gasteiger partial charge in [-0.3, -0.25) is 4.79 Å². The van der Waals surface area contributed by atoms with Gasteiger partial charge in [-0.15, -0.1) is 0 Å². The molecule has 1 saturated heterocycles. The van der Waals surface area contributed by atoms with Crippen molar-refractivity contribution in [3.63, 3.8) is 0 Å². The lowest BCUT2D eigenvalue weighted by Crippen LogP contribution is -2.54. The van der Waals surface area contributed by atoms with E-state index in [-0.39, 0.29) is 11.4 Å². The van der Waals surface area contributed by atoms with Crippen LogP contribution in [0.4, 0.5) is 0 Å². The lowest BCUT2D eigenvalue weighted by Gasteiger charge is -2.27. The smallest absolute Gasteiger partial charge is 0.240 e. The van der Waals surface area contributed by atoms with E-state index in [2.05, 4.69) is 23.8 Å². The molecule has 1 atom stereocenters. The van der Waals surface area contributed by atoms with Crippen molar-refractivity contribution < 1.29 is 4.79 Å². The van der Waals surface area contributed by atoms with Crippen LogP contribution in [0.3, 0.4) is 0 Å². The van der Waals surface area contributed by atoms with Crippen molar-refractivity contribution in [1.29, 1.82) is 0 Å². The largest absolute Gasteiger partial charge is 0.353 e. The summed E-state index contributed by atoms with van der Waals surface area (Å²) in [5.74, 6) is 0.216. The zero-order valence-electron chi connectivity index (χ0n) is 10.3. The fourth-order valence-electron chi connectivity index (χ4n) is 2.47. The molecule has 1 amide bonds. The van der Waals surface area contributed by atoms with Gasteiger partial charge in [-0.05, 0) is 44.9 Å². The normalized spacial score (nSPS) is 31.4. The van der Waals surface area contributed by atoms with Crippen LogP contribution in [0.5, 0.6) is 0 Å². The number of rotatable bonds is 5. The minimum Gasteiger partial charge on any atom is -0.353 e. The Hall–Kier alpha value is -0.220. The molecule has 1 saturated carbocycles. The summed E-state index contributed by atoms with van der Waals surface area (Å²) in [6, 6.07) is 0. The highest BCUT2D eigenvalue weighted by atomic mass is 32.2. The van der Waals surface area contributed by atoms with E-state index in [1.807, 2.05) is 11.8 Å². The van der Waals surface area contributed by atoms with E-state index in [0.29, 0.717) is 4.75 Å².